The van der Waals surface area contributed by atoms with E-state index < -0.39 is 0 Å². The van der Waals surface area contributed by atoms with Gasteiger partial charge in [-0.2, -0.15) is 0 Å². The molecule has 7 nitrogen and oxygen atoms in total. The Morgan fingerprint density at radius 1 is 1.55 bits per heavy atom. The number of hydrogen-bond donors (Lipinski definition) is 2. The summed E-state index contributed by atoms with van der Waals surface area (Å²) < 4.78 is 1.37. The molecule has 1 amide bonds. The van der Waals surface area contributed by atoms with Crippen molar-refractivity contribution < 1.29 is 4.79 Å². The van der Waals surface area contributed by atoms with Crippen LogP contribution in [0.2, 0.25) is 0 Å². The minimum absolute atomic E-state index is 0.0524. The zero-order valence-corrected chi connectivity index (χ0v) is 12.1. The van der Waals surface area contributed by atoms with Gasteiger partial charge in [0.15, 0.2) is 5.82 Å². The predicted molar refractivity (Wildman–Crippen MR) is 77.4 cm³/mol. The summed E-state index contributed by atoms with van der Waals surface area (Å²) in [6.45, 7) is 4.27. The van der Waals surface area contributed by atoms with Crippen molar-refractivity contribution in [3.05, 3.63) is 24.5 Å². The van der Waals surface area contributed by atoms with Gasteiger partial charge in [-0.1, -0.05) is 11.8 Å². The van der Waals surface area contributed by atoms with Crippen molar-refractivity contribution >= 4 is 17.7 Å². The van der Waals surface area contributed by atoms with E-state index in [-0.39, 0.29) is 11.2 Å². The normalized spacial score (nSPS) is 12.1. The van der Waals surface area contributed by atoms with E-state index in [0.717, 1.165) is 5.56 Å². The van der Waals surface area contributed by atoms with Gasteiger partial charge in [-0.15, -0.1) is 10.2 Å². The second kappa shape index (κ2) is 6.38. The number of carbonyl (C=O) groups is 1. The Labute approximate surface area is 121 Å². The van der Waals surface area contributed by atoms with Crippen LogP contribution in [-0.4, -0.2) is 37.6 Å². The topological polar surface area (TPSA) is 98.7 Å². The highest BCUT2D eigenvalue weighted by Crippen LogP contribution is 2.24. The number of amides is 1. The number of nitrogens with zero attached hydrogens (tertiary/aromatic N) is 4. The lowest BCUT2D eigenvalue weighted by Gasteiger charge is -2.10. The third kappa shape index (κ3) is 3.08. The number of pyridine rings is 1. The fourth-order valence-corrected chi connectivity index (χ4v) is 2.37. The van der Waals surface area contributed by atoms with E-state index >= 15 is 0 Å². The zero-order valence-electron chi connectivity index (χ0n) is 11.3. The number of aromatic nitrogens is 4. The first-order valence-corrected chi connectivity index (χ1v) is 7.06. The number of thioether (sulfide) groups is 1. The Hall–Kier alpha value is -2.09. The highest BCUT2D eigenvalue weighted by atomic mass is 32.2. The van der Waals surface area contributed by atoms with Crippen molar-refractivity contribution in [1.29, 1.82) is 0 Å². The lowest BCUT2D eigenvalue weighted by atomic mass is 10.3. The van der Waals surface area contributed by atoms with Gasteiger partial charge in [0.05, 0.1) is 5.25 Å². The third-order valence-corrected chi connectivity index (χ3v) is 3.64. The summed E-state index contributed by atoms with van der Waals surface area (Å²) in [5, 5.41) is 11.0. The van der Waals surface area contributed by atoms with Gasteiger partial charge in [-0.3, -0.25) is 9.78 Å². The highest BCUT2D eigenvalue weighted by Gasteiger charge is 2.19. The van der Waals surface area contributed by atoms with Gasteiger partial charge in [-0.05, 0) is 26.0 Å². The Kier molecular flexibility index (Phi) is 4.57. The minimum Gasteiger partial charge on any atom is -0.355 e. The predicted octanol–water partition coefficient (Wildman–Crippen LogP) is 0.671. The maximum atomic E-state index is 11.7. The molecule has 1 atom stereocenters. The molecule has 0 aromatic carbocycles. The van der Waals surface area contributed by atoms with Crippen LogP contribution in [0.1, 0.15) is 13.8 Å². The zero-order chi connectivity index (χ0) is 14.5. The van der Waals surface area contributed by atoms with E-state index in [9.17, 15) is 4.79 Å². The highest BCUT2D eigenvalue weighted by molar-refractivity contribution is 8.00. The number of nitrogen functional groups attached to an aromatic ring is 1. The first-order chi connectivity index (χ1) is 9.63. The average molecular weight is 292 g/mol. The maximum absolute atomic E-state index is 11.7. The number of carbonyl (C=O) groups excluding carboxylic acids is 1. The fraction of sp³-hybridized carbons (Fsp3) is 0.333. The Morgan fingerprint density at radius 2 is 2.35 bits per heavy atom. The van der Waals surface area contributed by atoms with Gasteiger partial charge in [0.2, 0.25) is 11.1 Å². The molecule has 0 radical (unpaired) electrons. The molecule has 2 heterocycles. The second-order valence-electron chi connectivity index (χ2n) is 4.07. The Bertz CT molecular complexity index is 585. The first kappa shape index (κ1) is 14.3. The van der Waals surface area contributed by atoms with Crippen LogP contribution < -0.4 is 11.2 Å². The van der Waals surface area contributed by atoms with Crippen LogP contribution in [-0.2, 0) is 4.79 Å². The van der Waals surface area contributed by atoms with E-state index in [1.807, 2.05) is 13.0 Å². The minimum atomic E-state index is -0.289. The first-order valence-electron chi connectivity index (χ1n) is 6.18. The van der Waals surface area contributed by atoms with Crippen LogP contribution in [0.3, 0.4) is 0 Å². The smallest absolute Gasteiger partial charge is 0.233 e. The molecule has 2 aromatic rings. The molecule has 2 rings (SSSR count). The second-order valence-corrected chi connectivity index (χ2v) is 5.38. The average Bonchev–Trinajstić information content (AvgIpc) is 2.81. The maximum Gasteiger partial charge on any atom is 0.233 e. The van der Waals surface area contributed by atoms with Crippen molar-refractivity contribution in [2.75, 3.05) is 12.4 Å². The molecule has 0 aliphatic heterocycles. The van der Waals surface area contributed by atoms with Crippen LogP contribution in [0.4, 0.5) is 0 Å². The van der Waals surface area contributed by atoms with Crippen molar-refractivity contribution in [2.24, 2.45) is 0 Å². The van der Waals surface area contributed by atoms with Crippen molar-refractivity contribution in [2.45, 2.75) is 24.3 Å². The van der Waals surface area contributed by atoms with Gasteiger partial charge in [-0.25, -0.2) is 4.68 Å². The van der Waals surface area contributed by atoms with E-state index in [2.05, 4.69) is 20.5 Å². The summed E-state index contributed by atoms with van der Waals surface area (Å²) in [5.74, 6) is 6.43. The number of hydrogen-bond acceptors (Lipinski definition) is 6. The lowest BCUT2D eigenvalue weighted by molar-refractivity contribution is -0.120. The van der Waals surface area contributed by atoms with E-state index in [1.165, 1.54) is 16.4 Å². The van der Waals surface area contributed by atoms with Crippen molar-refractivity contribution in [3.8, 4) is 11.4 Å². The molecule has 2 aromatic heterocycles. The molecular weight excluding hydrogens is 276 g/mol. The molecule has 0 aliphatic rings. The summed E-state index contributed by atoms with van der Waals surface area (Å²) in [5.41, 5.74) is 0.778. The van der Waals surface area contributed by atoms with E-state index in [0.29, 0.717) is 17.5 Å². The van der Waals surface area contributed by atoms with Gasteiger partial charge >= 0.3 is 0 Å². The quantitative estimate of drug-likeness (QED) is 0.621. The summed E-state index contributed by atoms with van der Waals surface area (Å²) in [6.07, 6.45) is 3.34. The standard InChI is InChI=1S/C12H16N6OS/c1-3-15-11(19)8(2)20-12-17-16-10(18(12)13)9-5-4-6-14-7-9/h4-8H,3,13H2,1-2H3,(H,15,19)/t8-/m0/s1. The van der Waals surface area contributed by atoms with Crippen molar-refractivity contribution in [1.82, 2.24) is 25.2 Å². The fourth-order valence-electron chi connectivity index (χ4n) is 1.58. The largest absolute Gasteiger partial charge is 0.355 e. The lowest BCUT2D eigenvalue weighted by Crippen LogP contribution is -2.31. The number of nitrogens with two attached hydrogens (primary N) is 1. The summed E-state index contributed by atoms with van der Waals surface area (Å²) >= 11 is 1.27. The van der Waals surface area contributed by atoms with Crippen LogP contribution in [0, 0.1) is 0 Å². The molecule has 0 saturated carbocycles. The molecule has 106 valence electrons. The Balaban J connectivity index is 2.16. The molecule has 8 heteroatoms. The monoisotopic (exact) mass is 292 g/mol. The molecule has 0 saturated heterocycles. The molecule has 20 heavy (non-hydrogen) atoms. The Morgan fingerprint density at radius 3 is 3.00 bits per heavy atom. The number of rotatable bonds is 5. The molecule has 0 aliphatic carbocycles. The molecule has 0 bridgehead atoms. The molecular formula is C12H16N6OS. The molecule has 0 spiro atoms. The third-order valence-electron chi connectivity index (χ3n) is 2.59. The van der Waals surface area contributed by atoms with Crippen LogP contribution in [0.15, 0.2) is 29.7 Å². The van der Waals surface area contributed by atoms with E-state index in [4.69, 9.17) is 5.84 Å². The van der Waals surface area contributed by atoms with E-state index in [1.54, 1.807) is 25.4 Å². The van der Waals surface area contributed by atoms with Crippen LogP contribution in [0.25, 0.3) is 11.4 Å². The van der Waals surface area contributed by atoms with Crippen molar-refractivity contribution in [3.63, 3.8) is 0 Å². The molecule has 0 fully saturated rings. The van der Waals surface area contributed by atoms with Crippen LogP contribution >= 0.6 is 11.8 Å². The summed E-state index contributed by atoms with van der Waals surface area (Å²) in [6, 6.07) is 3.65. The summed E-state index contributed by atoms with van der Waals surface area (Å²) in [4.78, 5) is 15.7. The van der Waals surface area contributed by atoms with Gasteiger partial charge in [0, 0.05) is 24.5 Å². The van der Waals surface area contributed by atoms with Gasteiger partial charge in [0.1, 0.15) is 0 Å². The van der Waals surface area contributed by atoms with Gasteiger partial charge < -0.3 is 11.2 Å². The number of nitrogens with one attached hydrogen (secondary N) is 1. The van der Waals surface area contributed by atoms with Crippen LogP contribution in [0.5, 0.6) is 0 Å². The summed E-state index contributed by atoms with van der Waals surface area (Å²) in [7, 11) is 0. The SMILES string of the molecule is CCNC(=O)[C@H](C)Sc1nnc(-c2cccnc2)n1N. The molecule has 0 unspecified atom stereocenters. The molecule has 3 N–H and O–H groups in total. The van der Waals surface area contributed by atoms with Gasteiger partial charge in [0.25, 0.3) is 0 Å².